The summed E-state index contributed by atoms with van der Waals surface area (Å²) in [4.78, 5) is 14.7. The number of aromatic amines is 1. The lowest BCUT2D eigenvalue weighted by atomic mass is 9.90. The summed E-state index contributed by atoms with van der Waals surface area (Å²) in [5.74, 6) is 0.0696. The van der Waals surface area contributed by atoms with Crippen molar-refractivity contribution in [2.45, 2.75) is 20.3 Å². The molecule has 0 spiro atoms. The SMILES string of the molecule is Cc1cc(C(=O)N2CCC(C)(CN)C2)c2[nH]ncc2c1.Cl. The zero-order valence-corrected chi connectivity index (χ0v) is 13.2. The zero-order chi connectivity index (χ0) is 14.3. The second-order valence-corrected chi connectivity index (χ2v) is 6.14. The number of amides is 1. The Bertz CT molecular complexity index is 669. The van der Waals surface area contributed by atoms with Gasteiger partial charge in [-0.3, -0.25) is 9.89 Å². The molecule has 0 aliphatic carbocycles. The summed E-state index contributed by atoms with van der Waals surface area (Å²) in [7, 11) is 0. The summed E-state index contributed by atoms with van der Waals surface area (Å²) in [6.45, 7) is 6.26. The van der Waals surface area contributed by atoms with E-state index in [1.165, 1.54) is 0 Å². The van der Waals surface area contributed by atoms with Crippen LogP contribution in [0.2, 0.25) is 0 Å². The number of rotatable bonds is 2. The van der Waals surface area contributed by atoms with E-state index in [4.69, 9.17) is 5.73 Å². The van der Waals surface area contributed by atoms with Crippen LogP contribution in [0.25, 0.3) is 10.9 Å². The van der Waals surface area contributed by atoms with Gasteiger partial charge in [-0.15, -0.1) is 12.4 Å². The van der Waals surface area contributed by atoms with Gasteiger partial charge in [-0.1, -0.05) is 6.92 Å². The molecule has 2 heterocycles. The summed E-state index contributed by atoms with van der Waals surface area (Å²) in [5, 5.41) is 7.95. The van der Waals surface area contributed by atoms with Gasteiger partial charge in [0, 0.05) is 18.5 Å². The molecule has 1 aliphatic rings. The molecule has 1 aliphatic heterocycles. The lowest BCUT2D eigenvalue weighted by Gasteiger charge is -2.22. The average molecular weight is 309 g/mol. The van der Waals surface area contributed by atoms with Crippen molar-refractivity contribution in [3.8, 4) is 0 Å². The number of nitrogens with zero attached hydrogens (tertiary/aromatic N) is 2. The lowest BCUT2D eigenvalue weighted by Crippen LogP contribution is -2.34. The fraction of sp³-hybridized carbons (Fsp3) is 0.467. The molecule has 3 N–H and O–H groups in total. The quantitative estimate of drug-likeness (QED) is 0.892. The molecule has 114 valence electrons. The van der Waals surface area contributed by atoms with E-state index in [9.17, 15) is 4.79 Å². The molecule has 1 aromatic heterocycles. The smallest absolute Gasteiger partial charge is 0.256 e. The largest absolute Gasteiger partial charge is 0.338 e. The van der Waals surface area contributed by atoms with Crippen LogP contribution in [0.3, 0.4) is 0 Å². The zero-order valence-electron chi connectivity index (χ0n) is 12.3. The Kier molecular flexibility index (Phi) is 4.25. The first-order valence-corrected chi connectivity index (χ1v) is 6.95. The van der Waals surface area contributed by atoms with E-state index >= 15 is 0 Å². The molecule has 2 aromatic rings. The van der Waals surface area contributed by atoms with E-state index in [0.29, 0.717) is 12.1 Å². The van der Waals surface area contributed by atoms with Crippen LogP contribution in [0.15, 0.2) is 18.3 Å². The highest BCUT2D eigenvalue weighted by atomic mass is 35.5. The lowest BCUT2D eigenvalue weighted by molar-refractivity contribution is 0.0778. The highest BCUT2D eigenvalue weighted by Gasteiger charge is 2.35. The van der Waals surface area contributed by atoms with Crippen LogP contribution < -0.4 is 5.73 Å². The fourth-order valence-electron chi connectivity index (χ4n) is 2.91. The number of benzene rings is 1. The molecule has 21 heavy (non-hydrogen) atoms. The van der Waals surface area contributed by atoms with Gasteiger partial charge in [-0.05, 0) is 43.0 Å². The molecule has 1 atom stereocenters. The fourth-order valence-corrected chi connectivity index (χ4v) is 2.91. The minimum atomic E-state index is 0. The number of halogens is 1. The van der Waals surface area contributed by atoms with Gasteiger partial charge < -0.3 is 10.6 Å². The van der Waals surface area contributed by atoms with Gasteiger partial charge in [0.05, 0.1) is 17.3 Å². The van der Waals surface area contributed by atoms with Crippen LogP contribution in [0.1, 0.15) is 29.3 Å². The number of likely N-dealkylation sites (tertiary alicyclic amines) is 1. The molecule has 1 amide bonds. The maximum absolute atomic E-state index is 12.8. The Hall–Kier alpha value is -1.59. The molecule has 5 nitrogen and oxygen atoms in total. The van der Waals surface area contributed by atoms with Crippen LogP contribution in [0, 0.1) is 12.3 Å². The molecule has 0 saturated carbocycles. The Morgan fingerprint density at radius 1 is 1.52 bits per heavy atom. The van der Waals surface area contributed by atoms with Crippen molar-refractivity contribution in [1.82, 2.24) is 15.1 Å². The van der Waals surface area contributed by atoms with Crippen LogP contribution >= 0.6 is 12.4 Å². The van der Waals surface area contributed by atoms with Crippen LogP contribution in [-0.2, 0) is 0 Å². The molecule has 0 radical (unpaired) electrons. The topological polar surface area (TPSA) is 75.0 Å². The number of H-pyrrole nitrogens is 1. The number of hydrogen-bond acceptors (Lipinski definition) is 3. The van der Waals surface area contributed by atoms with Crippen molar-refractivity contribution in [3.63, 3.8) is 0 Å². The number of aryl methyl sites for hydroxylation is 1. The molecule has 1 saturated heterocycles. The number of carbonyl (C=O) groups is 1. The first-order chi connectivity index (χ1) is 9.52. The first kappa shape index (κ1) is 15.8. The van der Waals surface area contributed by atoms with Gasteiger partial charge in [-0.2, -0.15) is 5.10 Å². The van der Waals surface area contributed by atoms with Crippen molar-refractivity contribution < 1.29 is 4.79 Å². The molecule has 0 bridgehead atoms. The van der Waals surface area contributed by atoms with Crippen molar-refractivity contribution in [2.24, 2.45) is 11.1 Å². The van der Waals surface area contributed by atoms with Gasteiger partial charge in [0.1, 0.15) is 0 Å². The van der Waals surface area contributed by atoms with Gasteiger partial charge in [0.2, 0.25) is 0 Å². The second-order valence-electron chi connectivity index (χ2n) is 6.14. The molecular formula is C15H21ClN4O. The maximum atomic E-state index is 12.8. The van der Waals surface area contributed by atoms with Gasteiger partial charge in [0.15, 0.2) is 0 Å². The predicted molar refractivity (Wildman–Crippen MR) is 85.8 cm³/mol. The molecule has 1 fully saturated rings. The van der Waals surface area contributed by atoms with E-state index < -0.39 is 0 Å². The standard InChI is InChI=1S/C15H20N4O.ClH/c1-10-5-11-7-17-18-13(11)12(6-10)14(20)19-4-3-15(2,8-16)9-19;/h5-7H,3-4,8-9,16H2,1-2H3,(H,17,18);1H. The third kappa shape index (κ3) is 2.76. The number of aromatic nitrogens is 2. The Labute approximate surface area is 130 Å². The minimum Gasteiger partial charge on any atom is -0.338 e. The molecule has 1 unspecified atom stereocenters. The van der Waals surface area contributed by atoms with Gasteiger partial charge in [-0.25, -0.2) is 0 Å². The highest BCUT2D eigenvalue weighted by Crippen LogP contribution is 2.30. The van der Waals surface area contributed by atoms with E-state index in [2.05, 4.69) is 17.1 Å². The van der Waals surface area contributed by atoms with Crippen LogP contribution in [-0.4, -0.2) is 40.6 Å². The minimum absolute atomic E-state index is 0. The van der Waals surface area contributed by atoms with Gasteiger partial charge >= 0.3 is 0 Å². The third-order valence-electron chi connectivity index (χ3n) is 4.26. The summed E-state index contributed by atoms with van der Waals surface area (Å²) < 4.78 is 0. The predicted octanol–water partition coefficient (Wildman–Crippen LogP) is 2.10. The average Bonchev–Trinajstić information content (AvgIpc) is 3.04. The highest BCUT2D eigenvalue weighted by molar-refractivity contribution is 6.05. The molecular weight excluding hydrogens is 288 g/mol. The third-order valence-corrected chi connectivity index (χ3v) is 4.26. The monoisotopic (exact) mass is 308 g/mol. The number of nitrogens with one attached hydrogen (secondary N) is 1. The van der Waals surface area contributed by atoms with E-state index in [0.717, 1.165) is 36.0 Å². The van der Waals surface area contributed by atoms with Crippen molar-refractivity contribution in [1.29, 1.82) is 0 Å². The number of carbonyl (C=O) groups excluding carboxylic acids is 1. The number of fused-ring (bicyclic) bond motifs is 1. The van der Waals surface area contributed by atoms with E-state index in [-0.39, 0.29) is 23.7 Å². The first-order valence-electron chi connectivity index (χ1n) is 6.95. The van der Waals surface area contributed by atoms with E-state index in [1.807, 2.05) is 24.0 Å². The van der Waals surface area contributed by atoms with Crippen LogP contribution in [0.5, 0.6) is 0 Å². The van der Waals surface area contributed by atoms with Crippen molar-refractivity contribution >= 4 is 29.2 Å². The number of hydrogen-bond donors (Lipinski definition) is 2. The summed E-state index contributed by atoms with van der Waals surface area (Å²) >= 11 is 0. The molecule has 3 rings (SSSR count). The van der Waals surface area contributed by atoms with Crippen LogP contribution in [0.4, 0.5) is 0 Å². The number of nitrogens with two attached hydrogens (primary N) is 1. The second kappa shape index (κ2) is 5.66. The molecule has 1 aromatic carbocycles. The van der Waals surface area contributed by atoms with Gasteiger partial charge in [0.25, 0.3) is 5.91 Å². The maximum Gasteiger partial charge on any atom is 0.256 e. The Morgan fingerprint density at radius 3 is 2.95 bits per heavy atom. The van der Waals surface area contributed by atoms with E-state index in [1.54, 1.807) is 6.20 Å². The molecule has 6 heteroatoms. The van der Waals surface area contributed by atoms with Crippen molar-refractivity contribution in [3.05, 3.63) is 29.5 Å². The van der Waals surface area contributed by atoms with Crippen molar-refractivity contribution in [2.75, 3.05) is 19.6 Å². The summed E-state index contributed by atoms with van der Waals surface area (Å²) in [6, 6.07) is 3.96. The summed E-state index contributed by atoms with van der Waals surface area (Å²) in [5.41, 5.74) is 8.46. The Morgan fingerprint density at radius 2 is 2.29 bits per heavy atom. The normalized spacial score (nSPS) is 21.6. The Balaban J connectivity index is 0.00000161. The summed E-state index contributed by atoms with van der Waals surface area (Å²) in [6.07, 6.45) is 2.72.